The predicted octanol–water partition coefficient (Wildman–Crippen LogP) is 4.08. The maximum Gasteiger partial charge on any atom is 0.410 e. The van der Waals surface area contributed by atoms with Crippen LogP contribution in [0.15, 0.2) is 18.2 Å². The first-order valence-corrected chi connectivity index (χ1v) is 8.39. The molecule has 8 heteroatoms. The highest BCUT2D eigenvalue weighted by Crippen LogP contribution is 2.23. The highest BCUT2D eigenvalue weighted by atomic mass is 35.5. The molecule has 3 amide bonds. The average Bonchev–Trinajstić information content (AvgIpc) is 2.44. The van der Waals surface area contributed by atoms with Crippen LogP contribution in [0.5, 0.6) is 0 Å². The van der Waals surface area contributed by atoms with E-state index in [9.17, 15) is 9.59 Å². The second-order valence-corrected chi connectivity index (χ2v) is 7.42. The van der Waals surface area contributed by atoms with Gasteiger partial charge in [-0.3, -0.25) is 0 Å². The Bertz CT molecular complexity index is 603. The molecule has 0 aliphatic carbocycles. The highest BCUT2D eigenvalue weighted by molar-refractivity contribution is 6.35. The summed E-state index contributed by atoms with van der Waals surface area (Å²) in [5.41, 5.74) is 0.00401. The van der Waals surface area contributed by atoms with Crippen molar-refractivity contribution in [2.24, 2.45) is 0 Å². The van der Waals surface area contributed by atoms with Gasteiger partial charge in [0.1, 0.15) is 5.60 Å². The molecule has 1 aromatic carbocycles. The van der Waals surface area contributed by atoms with E-state index in [4.69, 9.17) is 27.9 Å². The first-order chi connectivity index (χ1) is 11.1. The van der Waals surface area contributed by atoms with Gasteiger partial charge in [0.05, 0.1) is 0 Å². The fourth-order valence-corrected chi connectivity index (χ4v) is 2.77. The summed E-state index contributed by atoms with van der Waals surface area (Å²) in [5.74, 6) is 0. The third kappa shape index (κ3) is 5.46. The first-order valence-electron chi connectivity index (χ1n) is 7.64. The predicted molar refractivity (Wildman–Crippen MR) is 94.9 cm³/mol. The quantitative estimate of drug-likeness (QED) is 0.806. The van der Waals surface area contributed by atoms with E-state index in [1.807, 2.05) is 20.8 Å². The average molecular weight is 374 g/mol. The summed E-state index contributed by atoms with van der Waals surface area (Å²) in [6.45, 7) is 7.19. The zero-order chi connectivity index (χ0) is 17.9. The number of hydrogen-bond acceptors (Lipinski definition) is 3. The van der Waals surface area contributed by atoms with Gasteiger partial charge in [-0.1, -0.05) is 23.2 Å². The van der Waals surface area contributed by atoms with Crippen LogP contribution in [0, 0.1) is 0 Å². The zero-order valence-corrected chi connectivity index (χ0v) is 15.4. The maximum absolute atomic E-state index is 12.3. The standard InChI is InChI=1S/C16H21Cl2N3O3/c1-16(2,3)24-15(23)21-6-4-20(5-7-21)14(22)19-13-9-11(17)8-12(18)10-13/h8-10H,4-7H2,1-3H3,(H,19,22). The summed E-state index contributed by atoms with van der Waals surface area (Å²) < 4.78 is 5.33. The van der Waals surface area contributed by atoms with Crippen LogP contribution in [0.3, 0.4) is 0 Å². The molecule has 1 N–H and O–H groups in total. The molecule has 24 heavy (non-hydrogen) atoms. The van der Waals surface area contributed by atoms with Crippen LogP contribution in [0.25, 0.3) is 0 Å². The van der Waals surface area contributed by atoms with Gasteiger partial charge in [0.25, 0.3) is 0 Å². The maximum atomic E-state index is 12.3. The number of nitrogens with zero attached hydrogens (tertiary/aromatic N) is 2. The normalized spacial score (nSPS) is 15.2. The number of rotatable bonds is 1. The molecule has 6 nitrogen and oxygen atoms in total. The molecule has 2 rings (SSSR count). The van der Waals surface area contributed by atoms with Gasteiger partial charge in [-0.15, -0.1) is 0 Å². The molecule has 0 spiro atoms. The number of benzene rings is 1. The van der Waals surface area contributed by atoms with E-state index in [1.54, 1.807) is 28.0 Å². The minimum atomic E-state index is -0.530. The van der Waals surface area contributed by atoms with E-state index in [2.05, 4.69) is 5.32 Å². The Morgan fingerprint density at radius 1 is 1.00 bits per heavy atom. The number of piperazine rings is 1. The molecular weight excluding hydrogens is 353 g/mol. The lowest BCUT2D eigenvalue weighted by molar-refractivity contribution is 0.0174. The zero-order valence-electron chi connectivity index (χ0n) is 13.9. The van der Waals surface area contributed by atoms with Gasteiger partial charge in [-0.2, -0.15) is 0 Å². The van der Waals surface area contributed by atoms with Crippen LogP contribution in [0.2, 0.25) is 10.0 Å². The molecule has 1 fully saturated rings. The third-order valence-electron chi connectivity index (χ3n) is 3.33. The van der Waals surface area contributed by atoms with Crippen molar-refractivity contribution in [2.75, 3.05) is 31.5 Å². The van der Waals surface area contributed by atoms with E-state index in [1.165, 1.54) is 0 Å². The smallest absolute Gasteiger partial charge is 0.410 e. The molecule has 0 radical (unpaired) electrons. The van der Waals surface area contributed by atoms with Gasteiger partial charge in [0.2, 0.25) is 0 Å². The minimum absolute atomic E-state index is 0.253. The largest absolute Gasteiger partial charge is 0.444 e. The summed E-state index contributed by atoms with van der Waals surface area (Å²) in [4.78, 5) is 27.5. The van der Waals surface area contributed by atoms with Crippen LogP contribution in [-0.2, 0) is 4.74 Å². The van der Waals surface area contributed by atoms with Gasteiger partial charge >= 0.3 is 12.1 Å². The van der Waals surface area contributed by atoms with Crippen molar-refractivity contribution >= 4 is 41.0 Å². The van der Waals surface area contributed by atoms with Crippen molar-refractivity contribution in [2.45, 2.75) is 26.4 Å². The van der Waals surface area contributed by atoms with E-state index in [0.717, 1.165) is 0 Å². The summed E-state index contributed by atoms with van der Waals surface area (Å²) in [6.07, 6.45) is -0.357. The molecule has 0 saturated carbocycles. The third-order valence-corrected chi connectivity index (χ3v) is 3.77. The molecule has 1 aromatic rings. The molecule has 132 valence electrons. The lowest BCUT2D eigenvalue weighted by Gasteiger charge is -2.35. The molecule has 1 aliphatic heterocycles. The summed E-state index contributed by atoms with van der Waals surface area (Å²) in [7, 11) is 0. The lowest BCUT2D eigenvalue weighted by atomic mass is 10.2. The number of anilines is 1. The van der Waals surface area contributed by atoms with Gasteiger partial charge in [0.15, 0.2) is 0 Å². The molecule has 1 saturated heterocycles. The number of hydrogen-bond donors (Lipinski definition) is 1. The van der Waals surface area contributed by atoms with Gasteiger partial charge in [-0.25, -0.2) is 9.59 Å². The van der Waals surface area contributed by atoms with Crippen LogP contribution in [0.4, 0.5) is 15.3 Å². The molecule has 1 aliphatic rings. The topological polar surface area (TPSA) is 61.9 Å². The van der Waals surface area contributed by atoms with Gasteiger partial charge < -0.3 is 19.9 Å². The molecule has 0 atom stereocenters. The summed E-state index contributed by atoms with van der Waals surface area (Å²) in [6, 6.07) is 4.60. The summed E-state index contributed by atoms with van der Waals surface area (Å²) in [5, 5.41) is 3.66. The fraction of sp³-hybridized carbons (Fsp3) is 0.500. The monoisotopic (exact) mass is 373 g/mol. The van der Waals surface area contributed by atoms with Gasteiger partial charge in [-0.05, 0) is 39.0 Å². The molecule has 0 bridgehead atoms. The lowest BCUT2D eigenvalue weighted by Crippen LogP contribution is -2.52. The van der Waals surface area contributed by atoms with E-state index in [0.29, 0.717) is 41.9 Å². The number of ether oxygens (including phenoxy) is 1. The molecule has 1 heterocycles. The van der Waals surface area contributed by atoms with E-state index < -0.39 is 5.60 Å². The van der Waals surface area contributed by atoms with Crippen molar-refractivity contribution in [1.82, 2.24) is 9.80 Å². The SMILES string of the molecule is CC(C)(C)OC(=O)N1CCN(C(=O)Nc2cc(Cl)cc(Cl)c2)CC1. The van der Waals surface area contributed by atoms with E-state index in [-0.39, 0.29) is 12.1 Å². The Balaban J connectivity index is 1.87. The van der Waals surface area contributed by atoms with Crippen molar-refractivity contribution in [3.8, 4) is 0 Å². The number of carbonyl (C=O) groups excluding carboxylic acids is 2. The van der Waals surface area contributed by atoms with Crippen LogP contribution < -0.4 is 5.32 Å². The van der Waals surface area contributed by atoms with Crippen LogP contribution in [0.1, 0.15) is 20.8 Å². The van der Waals surface area contributed by atoms with Crippen molar-refractivity contribution < 1.29 is 14.3 Å². The molecule has 0 unspecified atom stereocenters. The van der Waals surface area contributed by atoms with E-state index >= 15 is 0 Å². The Labute approximate surface area is 151 Å². The minimum Gasteiger partial charge on any atom is -0.444 e. The molecule has 0 aromatic heterocycles. The van der Waals surface area contributed by atoms with Crippen molar-refractivity contribution in [1.29, 1.82) is 0 Å². The number of urea groups is 1. The van der Waals surface area contributed by atoms with Crippen LogP contribution >= 0.6 is 23.2 Å². The number of nitrogens with one attached hydrogen (secondary N) is 1. The van der Waals surface area contributed by atoms with Crippen molar-refractivity contribution in [3.05, 3.63) is 28.2 Å². The Kier molecular flexibility index (Phi) is 5.83. The Morgan fingerprint density at radius 3 is 2.00 bits per heavy atom. The Morgan fingerprint density at radius 2 is 1.50 bits per heavy atom. The fourth-order valence-electron chi connectivity index (χ4n) is 2.25. The highest BCUT2D eigenvalue weighted by Gasteiger charge is 2.27. The van der Waals surface area contributed by atoms with Gasteiger partial charge in [0, 0.05) is 41.9 Å². The van der Waals surface area contributed by atoms with Crippen LogP contribution in [-0.4, -0.2) is 53.7 Å². The first kappa shape index (κ1) is 18.7. The second kappa shape index (κ2) is 7.49. The Hall–Kier alpha value is -1.66. The number of amides is 3. The van der Waals surface area contributed by atoms with Crippen molar-refractivity contribution in [3.63, 3.8) is 0 Å². The summed E-state index contributed by atoms with van der Waals surface area (Å²) >= 11 is 11.8. The molecular formula is C16H21Cl2N3O3. The number of halogens is 2. The second-order valence-electron chi connectivity index (χ2n) is 6.54. The number of carbonyl (C=O) groups is 2.